The first-order valence-corrected chi connectivity index (χ1v) is 5.60. The highest BCUT2D eigenvalue weighted by atomic mass is 35.5. The summed E-state index contributed by atoms with van der Waals surface area (Å²) in [5.41, 5.74) is 1.04. The topological polar surface area (TPSA) is 25.2 Å². The molecule has 15 heavy (non-hydrogen) atoms. The number of hydrogen-bond acceptors (Lipinski definition) is 1. The molecular weight excluding hydrogens is 233 g/mol. The number of fused-ring (bicyclic) bond motifs is 1. The minimum atomic E-state index is -0.0784. The van der Waals surface area contributed by atoms with Crippen LogP contribution in [0.1, 0.15) is 6.04 Å². The predicted molar refractivity (Wildman–Crippen MR) is 63.8 cm³/mol. The molecule has 0 aliphatic carbocycles. The second kappa shape index (κ2) is 4.44. The molecule has 0 fully saturated rings. The van der Waals surface area contributed by atoms with Crippen molar-refractivity contribution in [3.8, 4) is 0 Å². The molecule has 4 heteroatoms. The summed E-state index contributed by atoms with van der Waals surface area (Å²) in [4.78, 5) is 0. The van der Waals surface area contributed by atoms with Crippen LogP contribution in [0.4, 0.5) is 0 Å². The molecule has 1 aromatic heterocycles. The molecule has 2 rings (SSSR count). The highest BCUT2D eigenvalue weighted by Gasteiger charge is 2.10. The average Bonchev–Trinajstić information content (AvgIpc) is 2.63. The van der Waals surface area contributed by atoms with Crippen LogP contribution in [0, 0.1) is 0 Å². The summed E-state index contributed by atoms with van der Waals surface area (Å²) in [7, 11) is 0. The van der Waals surface area contributed by atoms with Gasteiger partial charge in [-0.3, -0.25) is 0 Å². The van der Waals surface area contributed by atoms with Crippen LogP contribution in [0.5, 0.6) is 0 Å². The van der Waals surface area contributed by atoms with E-state index in [1.54, 1.807) is 0 Å². The Morgan fingerprint density at radius 1 is 1.33 bits per heavy atom. The number of halogens is 2. The molecule has 1 unspecified atom stereocenters. The van der Waals surface area contributed by atoms with Gasteiger partial charge >= 0.3 is 0 Å². The van der Waals surface area contributed by atoms with Crippen molar-refractivity contribution in [3.05, 3.63) is 35.5 Å². The highest BCUT2D eigenvalue weighted by molar-refractivity contribution is 6.31. The van der Waals surface area contributed by atoms with Crippen LogP contribution >= 0.6 is 23.2 Å². The third kappa shape index (κ3) is 1.98. The lowest BCUT2D eigenvalue weighted by Gasteiger charge is -2.14. The molecule has 80 valence electrons. The van der Waals surface area contributed by atoms with Crippen molar-refractivity contribution in [1.29, 1.82) is 0 Å². The quantitative estimate of drug-likeness (QED) is 0.824. The maximum atomic E-state index is 9.18. The SMILES string of the molecule is OCC(CCl)n1ccc2cc(Cl)ccc21. The van der Waals surface area contributed by atoms with Crippen molar-refractivity contribution in [2.75, 3.05) is 12.5 Å². The van der Waals surface area contributed by atoms with E-state index in [4.69, 9.17) is 23.2 Å². The van der Waals surface area contributed by atoms with Gasteiger partial charge in [0.15, 0.2) is 0 Å². The fourth-order valence-electron chi connectivity index (χ4n) is 1.66. The van der Waals surface area contributed by atoms with E-state index in [1.807, 2.05) is 35.0 Å². The number of hydrogen-bond donors (Lipinski definition) is 1. The maximum absolute atomic E-state index is 9.18. The molecule has 0 amide bonds. The van der Waals surface area contributed by atoms with E-state index in [0.717, 1.165) is 10.9 Å². The number of aliphatic hydroxyl groups is 1. The minimum absolute atomic E-state index is 0.0376. The Hall–Kier alpha value is -0.700. The number of aliphatic hydroxyl groups excluding tert-OH is 1. The average molecular weight is 244 g/mol. The van der Waals surface area contributed by atoms with Crippen LogP contribution in [0.3, 0.4) is 0 Å². The largest absolute Gasteiger partial charge is 0.394 e. The van der Waals surface area contributed by atoms with Gasteiger partial charge in [0.25, 0.3) is 0 Å². The number of rotatable bonds is 3. The fraction of sp³-hybridized carbons (Fsp3) is 0.273. The van der Waals surface area contributed by atoms with Crippen molar-refractivity contribution in [1.82, 2.24) is 4.57 Å². The van der Waals surface area contributed by atoms with Gasteiger partial charge in [0.1, 0.15) is 0 Å². The first-order chi connectivity index (χ1) is 7.26. The van der Waals surface area contributed by atoms with E-state index in [-0.39, 0.29) is 12.6 Å². The predicted octanol–water partition coefficient (Wildman–Crippen LogP) is 3.07. The van der Waals surface area contributed by atoms with Gasteiger partial charge in [0, 0.05) is 28.0 Å². The normalized spacial score (nSPS) is 13.3. The van der Waals surface area contributed by atoms with E-state index in [9.17, 15) is 5.11 Å². The number of nitrogens with zero attached hydrogens (tertiary/aromatic N) is 1. The van der Waals surface area contributed by atoms with Gasteiger partial charge in [-0.05, 0) is 24.3 Å². The van der Waals surface area contributed by atoms with Crippen molar-refractivity contribution < 1.29 is 5.11 Å². The molecule has 0 saturated carbocycles. The molecule has 0 bridgehead atoms. The van der Waals surface area contributed by atoms with Gasteiger partial charge < -0.3 is 9.67 Å². The molecule has 1 N–H and O–H groups in total. The van der Waals surface area contributed by atoms with Gasteiger partial charge in [-0.1, -0.05) is 11.6 Å². The molecule has 0 aliphatic rings. The lowest BCUT2D eigenvalue weighted by Crippen LogP contribution is -2.13. The van der Waals surface area contributed by atoms with E-state index in [0.29, 0.717) is 10.9 Å². The van der Waals surface area contributed by atoms with Crippen LogP contribution in [0.25, 0.3) is 10.9 Å². The van der Waals surface area contributed by atoms with Crippen LogP contribution in [-0.4, -0.2) is 22.2 Å². The van der Waals surface area contributed by atoms with E-state index in [1.165, 1.54) is 0 Å². The standard InChI is InChI=1S/C11H11Cl2NO/c12-6-10(7-15)14-4-3-8-5-9(13)1-2-11(8)14/h1-5,10,15H,6-7H2. The van der Waals surface area contributed by atoms with Crippen molar-refractivity contribution >= 4 is 34.1 Å². The van der Waals surface area contributed by atoms with Crippen LogP contribution in [0.2, 0.25) is 5.02 Å². The number of aromatic nitrogens is 1. The molecule has 0 radical (unpaired) electrons. The van der Waals surface area contributed by atoms with Gasteiger partial charge in [-0.2, -0.15) is 0 Å². The Labute approximate surface area is 98.0 Å². The Morgan fingerprint density at radius 3 is 2.80 bits per heavy atom. The van der Waals surface area contributed by atoms with Gasteiger partial charge in [-0.25, -0.2) is 0 Å². The zero-order chi connectivity index (χ0) is 10.8. The first-order valence-electron chi connectivity index (χ1n) is 4.69. The molecule has 0 spiro atoms. The lowest BCUT2D eigenvalue weighted by molar-refractivity contribution is 0.243. The molecule has 1 aromatic carbocycles. The van der Waals surface area contributed by atoms with E-state index >= 15 is 0 Å². The molecule has 1 atom stereocenters. The number of benzene rings is 1. The minimum Gasteiger partial charge on any atom is -0.394 e. The van der Waals surface area contributed by atoms with E-state index < -0.39 is 0 Å². The fourth-order valence-corrected chi connectivity index (χ4v) is 2.09. The lowest BCUT2D eigenvalue weighted by atomic mass is 10.2. The van der Waals surface area contributed by atoms with Crippen LogP contribution in [0.15, 0.2) is 30.5 Å². The first kappa shape index (κ1) is 10.8. The molecule has 2 nitrogen and oxygen atoms in total. The molecule has 0 saturated heterocycles. The Bertz CT molecular complexity index is 463. The van der Waals surface area contributed by atoms with Crippen molar-refractivity contribution in [2.45, 2.75) is 6.04 Å². The molecule has 2 aromatic rings. The second-order valence-electron chi connectivity index (χ2n) is 3.42. The summed E-state index contributed by atoms with van der Waals surface area (Å²) in [5, 5.41) is 11.0. The highest BCUT2D eigenvalue weighted by Crippen LogP contribution is 2.23. The summed E-state index contributed by atoms with van der Waals surface area (Å²) >= 11 is 11.7. The second-order valence-corrected chi connectivity index (χ2v) is 4.16. The third-order valence-electron chi connectivity index (χ3n) is 2.46. The summed E-state index contributed by atoms with van der Waals surface area (Å²) in [6.07, 6.45) is 1.92. The van der Waals surface area contributed by atoms with Gasteiger partial charge in [0.05, 0.1) is 12.6 Å². The van der Waals surface area contributed by atoms with Crippen LogP contribution < -0.4 is 0 Å². The van der Waals surface area contributed by atoms with Crippen molar-refractivity contribution in [3.63, 3.8) is 0 Å². The number of alkyl halides is 1. The monoisotopic (exact) mass is 243 g/mol. The summed E-state index contributed by atoms with van der Waals surface area (Å²) in [6.45, 7) is 0.0376. The van der Waals surface area contributed by atoms with Crippen LogP contribution in [-0.2, 0) is 0 Å². The smallest absolute Gasteiger partial charge is 0.0702 e. The third-order valence-corrected chi connectivity index (χ3v) is 3.06. The summed E-state index contributed by atoms with van der Waals surface area (Å²) < 4.78 is 1.97. The Kier molecular flexibility index (Phi) is 3.19. The Morgan fingerprint density at radius 2 is 2.13 bits per heavy atom. The summed E-state index contributed by atoms with van der Waals surface area (Å²) in [5.74, 6) is 0.392. The Balaban J connectivity index is 2.53. The van der Waals surface area contributed by atoms with Crippen molar-refractivity contribution in [2.24, 2.45) is 0 Å². The zero-order valence-electron chi connectivity index (χ0n) is 8.03. The molecule has 0 aliphatic heterocycles. The van der Waals surface area contributed by atoms with E-state index in [2.05, 4.69) is 0 Å². The maximum Gasteiger partial charge on any atom is 0.0702 e. The molecule has 1 heterocycles. The van der Waals surface area contributed by atoms with Gasteiger partial charge in [-0.15, -0.1) is 11.6 Å². The molecular formula is C11H11Cl2NO. The van der Waals surface area contributed by atoms with Gasteiger partial charge in [0.2, 0.25) is 0 Å². The summed E-state index contributed by atoms with van der Waals surface area (Å²) in [6, 6.07) is 7.56. The zero-order valence-corrected chi connectivity index (χ0v) is 9.54.